The molecule has 5 nitrogen and oxygen atoms in total. The number of hydrogen-bond donors (Lipinski definition) is 2. The van der Waals surface area contributed by atoms with Crippen LogP contribution in [0.25, 0.3) is 0 Å². The normalized spacial score (nSPS) is 10.2. The van der Waals surface area contributed by atoms with Crippen molar-refractivity contribution in [1.82, 2.24) is 5.16 Å². The first-order valence-corrected chi connectivity index (χ1v) is 7.45. The summed E-state index contributed by atoms with van der Waals surface area (Å²) in [4.78, 5) is 12.1. The van der Waals surface area contributed by atoms with Crippen LogP contribution in [-0.2, 0) is 11.2 Å². The highest BCUT2D eigenvalue weighted by atomic mass is 79.9. The predicted molar refractivity (Wildman–Crippen MR) is 93.5 cm³/mol. The number of anilines is 2. The fraction of sp³-hybridized carbons (Fsp3) is 0.333. The topological polar surface area (TPSA) is 81.2 Å². The van der Waals surface area contributed by atoms with Crippen LogP contribution in [0.2, 0.25) is 0 Å². The Balaban J connectivity index is 0.00000242. The number of carbonyl (C=O) groups is 1. The molecule has 1 amide bonds. The van der Waals surface area contributed by atoms with Crippen LogP contribution in [0.4, 0.5) is 11.4 Å². The molecule has 1 aromatic carbocycles. The van der Waals surface area contributed by atoms with Crippen LogP contribution in [0.5, 0.6) is 0 Å². The molecule has 0 atom stereocenters. The van der Waals surface area contributed by atoms with Gasteiger partial charge < -0.3 is 15.6 Å². The molecule has 1 aromatic heterocycles. The maximum Gasteiger partial charge on any atom is 0.224 e. The molecule has 120 valence electrons. The summed E-state index contributed by atoms with van der Waals surface area (Å²) in [6, 6.07) is 3.71. The monoisotopic (exact) mass is 387 g/mol. The van der Waals surface area contributed by atoms with Crippen molar-refractivity contribution < 1.29 is 9.32 Å². The molecular weight excluding hydrogens is 370 g/mol. The fourth-order valence-corrected chi connectivity index (χ4v) is 2.74. The van der Waals surface area contributed by atoms with E-state index in [1.165, 1.54) is 0 Å². The molecule has 0 fully saturated rings. The number of carbonyl (C=O) groups excluding carboxylic acids is 1. The van der Waals surface area contributed by atoms with E-state index in [9.17, 15) is 4.79 Å². The van der Waals surface area contributed by atoms with E-state index in [-0.39, 0.29) is 18.3 Å². The minimum absolute atomic E-state index is 0. The lowest BCUT2D eigenvalue weighted by Gasteiger charge is -2.11. The summed E-state index contributed by atoms with van der Waals surface area (Å²) in [6.07, 6.45) is 0.952. The zero-order valence-electron chi connectivity index (χ0n) is 12.7. The summed E-state index contributed by atoms with van der Waals surface area (Å²) in [7, 11) is 0. The van der Waals surface area contributed by atoms with E-state index in [0.717, 1.165) is 27.1 Å². The van der Waals surface area contributed by atoms with E-state index in [1.54, 1.807) is 6.07 Å². The number of amides is 1. The first-order chi connectivity index (χ1) is 9.88. The van der Waals surface area contributed by atoms with Gasteiger partial charge in [-0.3, -0.25) is 4.79 Å². The molecule has 22 heavy (non-hydrogen) atoms. The van der Waals surface area contributed by atoms with Crippen LogP contribution >= 0.6 is 28.3 Å². The van der Waals surface area contributed by atoms with Crippen molar-refractivity contribution in [3.63, 3.8) is 0 Å². The van der Waals surface area contributed by atoms with Crippen molar-refractivity contribution >= 4 is 45.6 Å². The van der Waals surface area contributed by atoms with Crippen molar-refractivity contribution in [1.29, 1.82) is 0 Å². The van der Waals surface area contributed by atoms with Gasteiger partial charge in [-0.05, 0) is 44.9 Å². The maximum absolute atomic E-state index is 12.1. The number of halogens is 2. The lowest BCUT2D eigenvalue weighted by Crippen LogP contribution is -2.14. The van der Waals surface area contributed by atoms with Crippen molar-refractivity contribution in [2.45, 2.75) is 33.6 Å². The lowest BCUT2D eigenvalue weighted by molar-refractivity contribution is -0.116. The molecule has 0 spiro atoms. The van der Waals surface area contributed by atoms with Gasteiger partial charge in [0.25, 0.3) is 0 Å². The van der Waals surface area contributed by atoms with Crippen LogP contribution in [0.1, 0.15) is 29.0 Å². The summed E-state index contributed by atoms with van der Waals surface area (Å²) >= 11 is 3.40. The lowest BCUT2D eigenvalue weighted by atomic mass is 10.1. The Morgan fingerprint density at radius 3 is 2.64 bits per heavy atom. The van der Waals surface area contributed by atoms with Crippen LogP contribution in [-0.4, -0.2) is 11.1 Å². The SMILES string of the molecule is Cc1cc(Br)cc(NC(=O)CCc2c(C)noc2C)c1N.Cl. The largest absolute Gasteiger partial charge is 0.397 e. The third kappa shape index (κ3) is 4.24. The maximum atomic E-state index is 12.1. The van der Waals surface area contributed by atoms with Gasteiger partial charge in [0.15, 0.2) is 0 Å². The second kappa shape index (κ2) is 7.65. The minimum atomic E-state index is -0.0841. The van der Waals surface area contributed by atoms with Gasteiger partial charge in [0.2, 0.25) is 5.91 Å². The molecule has 0 saturated heterocycles. The van der Waals surface area contributed by atoms with E-state index in [2.05, 4.69) is 26.4 Å². The Morgan fingerprint density at radius 1 is 1.36 bits per heavy atom. The van der Waals surface area contributed by atoms with Crippen LogP contribution in [0.15, 0.2) is 21.1 Å². The number of hydrogen-bond acceptors (Lipinski definition) is 4. The molecule has 0 radical (unpaired) electrons. The highest BCUT2D eigenvalue weighted by Crippen LogP contribution is 2.27. The van der Waals surface area contributed by atoms with Crippen LogP contribution < -0.4 is 11.1 Å². The average Bonchev–Trinajstić information content (AvgIpc) is 2.72. The molecule has 0 bridgehead atoms. The first-order valence-electron chi connectivity index (χ1n) is 6.65. The van der Waals surface area contributed by atoms with Crippen LogP contribution in [0.3, 0.4) is 0 Å². The molecule has 0 saturated carbocycles. The van der Waals surface area contributed by atoms with Crippen molar-refractivity contribution in [3.8, 4) is 0 Å². The molecular formula is C15H19BrClN3O2. The number of benzene rings is 1. The zero-order chi connectivity index (χ0) is 15.6. The van der Waals surface area contributed by atoms with Crippen LogP contribution in [0, 0.1) is 20.8 Å². The smallest absolute Gasteiger partial charge is 0.224 e. The molecule has 3 N–H and O–H groups in total. The minimum Gasteiger partial charge on any atom is -0.397 e. The number of nitrogen functional groups attached to an aromatic ring is 1. The first kappa shape index (κ1) is 18.5. The third-order valence-corrected chi connectivity index (χ3v) is 3.87. The van der Waals surface area contributed by atoms with Crippen molar-refractivity contribution in [2.75, 3.05) is 11.1 Å². The van der Waals surface area contributed by atoms with Gasteiger partial charge >= 0.3 is 0 Å². The third-order valence-electron chi connectivity index (χ3n) is 3.41. The number of nitrogens with two attached hydrogens (primary N) is 1. The van der Waals surface area contributed by atoms with Gasteiger partial charge in [0, 0.05) is 16.5 Å². The van der Waals surface area contributed by atoms with Gasteiger partial charge in [0.1, 0.15) is 5.76 Å². The van der Waals surface area contributed by atoms with E-state index in [0.29, 0.717) is 24.2 Å². The van der Waals surface area contributed by atoms with Gasteiger partial charge in [0.05, 0.1) is 17.1 Å². The number of aromatic nitrogens is 1. The molecule has 0 unspecified atom stereocenters. The van der Waals surface area contributed by atoms with Gasteiger partial charge in [-0.2, -0.15) is 0 Å². The highest BCUT2D eigenvalue weighted by Gasteiger charge is 2.12. The van der Waals surface area contributed by atoms with Crippen molar-refractivity contribution in [2.24, 2.45) is 0 Å². The van der Waals surface area contributed by atoms with Gasteiger partial charge in [-0.15, -0.1) is 12.4 Å². The highest BCUT2D eigenvalue weighted by molar-refractivity contribution is 9.10. The predicted octanol–water partition coefficient (Wildman–Crippen LogP) is 3.94. The van der Waals surface area contributed by atoms with E-state index < -0.39 is 0 Å². The Labute approximate surface area is 144 Å². The molecule has 0 aliphatic heterocycles. The molecule has 1 heterocycles. The molecule has 0 aliphatic rings. The summed E-state index contributed by atoms with van der Waals surface area (Å²) in [6.45, 7) is 5.63. The average molecular weight is 389 g/mol. The Morgan fingerprint density at radius 2 is 2.05 bits per heavy atom. The Bertz CT molecular complexity index is 666. The summed E-state index contributed by atoms with van der Waals surface area (Å²) in [5.74, 6) is 0.678. The number of nitrogens with one attached hydrogen (secondary N) is 1. The van der Waals surface area contributed by atoms with E-state index >= 15 is 0 Å². The Kier molecular flexibility index (Phi) is 6.44. The molecule has 2 rings (SSSR count). The molecule has 7 heteroatoms. The quantitative estimate of drug-likeness (QED) is 0.777. The standard InChI is InChI=1S/C15H18BrN3O2.ClH/c1-8-6-11(16)7-13(15(8)17)18-14(20)5-4-12-9(2)19-21-10(12)3;/h6-7H,4-5,17H2,1-3H3,(H,18,20);1H. The second-order valence-electron chi connectivity index (χ2n) is 5.03. The summed E-state index contributed by atoms with van der Waals surface area (Å²) < 4.78 is 5.97. The fourth-order valence-electron chi connectivity index (χ4n) is 2.17. The summed E-state index contributed by atoms with van der Waals surface area (Å²) in [5.41, 5.74) is 9.94. The molecule has 2 aromatic rings. The van der Waals surface area contributed by atoms with Gasteiger partial charge in [-0.1, -0.05) is 21.1 Å². The number of rotatable bonds is 4. The van der Waals surface area contributed by atoms with E-state index in [4.69, 9.17) is 10.3 Å². The Hall–Kier alpha value is -1.53. The van der Waals surface area contributed by atoms with E-state index in [1.807, 2.05) is 26.8 Å². The van der Waals surface area contributed by atoms with Crippen molar-refractivity contribution in [3.05, 3.63) is 39.2 Å². The molecule has 0 aliphatic carbocycles. The summed E-state index contributed by atoms with van der Waals surface area (Å²) in [5, 5.41) is 6.73. The number of nitrogens with zero attached hydrogens (tertiary/aromatic N) is 1. The van der Waals surface area contributed by atoms with Gasteiger partial charge in [-0.25, -0.2) is 0 Å². The second-order valence-corrected chi connectivity index (χ2v) is 5.95. The number of aryl methyl sites for hydroxylation is 3. The zero-order valence-corrected chi connectivity index (χ0v) is 15.1.